The molecular formula is C28H30F3N9O2S2. The number of anilines is 3. The number of rotatable bonds is 8. The number of aliphatic hydroxyl groups excluding tert-OH is 1. The summed E-state index contributed by atoms with van der Waals surface area (Å²) in [5.74, 6) is 0.116. The second-order valence-electron chi connectivity index (χ2n) is 11.2. The number of β-amino-alcohol motifs (C(OH)–C–C–N with tert-alkyl or cyclic N) is 1. The fourth-order valence-electron chi connectivity index (χ4n) is 5.44. The fraction of sp³-hybridized carbons (Fsp3) is 0.464. The first kappa shape index (κ1) is 30.3. The summed E-state index contributed by atoms with van der Waals surface area (Å²) < 4.78 is 42.3. The Bertz CT molecular complexity index is 1720. The lowest BCUT2D eigenvalue weighted by atomic mass is 10.1. The van der Waals surface area contributed by atoms with E-state index in [1.54, 1.807) is 11.9 Å². The number of carbonyl (C=O) groups is 1. The monoisotopic (exact) mass is 645 g/mol. The second kappa shape index (κ2) is 11.6. The van der Waals surface area contributed by atoms with Gasteiger partial charge in [-0.15, -0.1) is 5.10 Å². The smallest absolute Gasteiger partial charge is 0.389 e. The zero-order valence-electron chi connectivity index (χ0n) is 24.2. The summed E-state index contributed by atoms with van der Waals surface area (Å²) in [6.45, 7) is 4.18. The minimum Gasteiger partial charge on any atom is -0.389 e. The summed E-state index contributed by atoms with van der Waals surface area (Å²) in [5, 5.41) is 25.0. The summed E-state index contributed by atoms with van der Waals surface area (Å²) in [4.78, 5) is 29.4. The van der Waals surface area contributed by atoms with Crippen LogP contribution in [-0.2, 0) is 11.2 Å². The van der Waals surface area contributed by atoms with Gasteiger partial charge in [-0.3, -0.25) is 9.69 Å². The molecule has 5 heterocycles. The van der Waals surface area contributed by atoms with Crippen molar-refractivity contribution < 1.29 is 23.1 Å². The van der Waals surface area contributed by atoms with E-state index >= 15 is 0 Å². The van der Waals surface area contributed by atoms with Crippen molar-refractivity contribution in [2.75, 3.05) is 56.6 Å². The summed E-state index contributed by atoms with van der Waals surface area (Å²) in [6, 6.07) is 9.80. The van der Waals surface area contributed by atoms with Gasteiger partial charge in [0.2, 0.25) is 16.0 Å². The Kier molecular flexibility index (Phi) is 7.99. The van der Waals surface area contributed by atoms with E-state index in [0.717, 1.165) is 28.9 Å². The molecule has 1 aromatic carbocycles. The van der Waals surface area contributed by atoms with Gasteiger partial charge in [0.05, 0.1) is 24.8 Å². The molecule has 16 heteroatoms. The van der Waals surface area contributed by atoms with E-state index in [1.165, 1.54) is 20.8 Å². The van der Waals surface area contributed by atoms with Crippen LogP contribution in [0.25, 0.3) is 16.2 Å². The van der Waals surface area contributed by atoms with Crippen molar-refractivity contribution in [3.63, 3.8) is 0 Å². The molecule has 0 aliphatic carbocycles. The Morgan fingerprint density at radius 3 is 2.55 bits per heavy atom. The summed E-state index contributed by atoms with van der Waals surface area (Å²) >= 11 is 2.30. The number of hydrogen-bond acceptors (Lipinski definition) is 11. The number of aromatic nitrogens is 4. The van der Waals surface area contributed by atoms with Crippen LogP contribution >= 0.6 is 22.7 Å². The first-order chi connectivity index (χ1) is 20.9. The topological polar surface area (TPSA) is 117 Å². The van der Waals surface area contributed by atoms with Crippen molar-refractivity contribution in [3.8, 4) is 17.3 Å². The maximum absolute atomic E-state index is 13.6. The van der Waals surface area contributed by atoms with Gasteiger partial charge in [-0.25, -0.2) is 9.97 Å². The van der Waals surface area contributed by atoms with Crippen molar-refractivity contribution in [2.45, 2.75) is 38.1 Å². The molecule has 11 nitrogen and oxygen atoms in total. The minimum atomic E-state index is -4.49. The number of benzene rings is 1. The van der Waals surface area contributed by atoms with Gasteiger partial charge in [-0.05, 0) is 20.4 Å². The molecule has 0 saturated carbocycles. The van der Waals surface area contributed by atoms with Crippen LogP contribution in [0.1, 0.15) is 22.6 Å². The molecule has 3 aromatic heterocycles. The molecule has 1 unspecified atom stereocenters. The summed E-state index contributed by atoms with van der Waals surface area (Å²) in [5.41, 5.74) is 2.08. The number of fused-ring (bicyclic) bond motifs is 1. The van der Waals surface area contributed by atoms with E-state index in [1.807, 2.05) is 43.1 Å². The lowest BCUT2D eigenvalue weighted by molar-refractivity contribution is -0.142. The van der Waals surface area contributed by atoms with E-state index in [0.29, 0.717) is 52.0 Å². The van der Waals surface area contributed by atoms with Gasteiger partial charge in [0.1, 0.15) is 16.6 Å². The zero-order chi connectivity index (χ0) is 31.3. The molecule has 232 valence electrons. The number of aryl methyl sites for hydroxylation is 1. The first-order valence-electron chi connectivity index (χ1n) is 14.0. The molecule has 2 saturated heterocycles. The third-order valence-corrected chi connectivity index (χ3v) is 9.92. The fourth-order valence-corrected chi connectivity index (χ4v) is 7.24. The minimum absolute atomic E-state index is 0.0267. The average Bonchev–Trinajstić information content (AvgIpc) is 3.73. The number of alkyl halides is 3. The lowest BCUT2D eigenvalue weighted by Crippen LogP contribution is -2.56. The van der Waals surface area contributed by atoms with E-state index in [-0.39, 0.29) is 30.0 Å². The number of halogens is 3. The molecule has 0 radical (unpaired) electrons. The Balaban J connectivity index is 1.27. The molecule has 44 heavy (non-hydrogen) atoms. The summed E-state index contributed by atoms with van der Waals surface area (Å²) in [6.07, 6.45) is -5.39. The van der Waals surface area contributed by atoms with Crippen molar-refractivity contribution in [3.05, 3.63) is 40.4 Å². The Morgan fingerprint density at radius 2 is 1.89 bits per heavy atom. The molecular weight excluding hydrogens is 615 g/mol. The van der Waals surface area contributed by atoms with Gasteiger partial charge in [-0.1, -0.05) is 52.5 Å². The molecule has 1 N–H and O–H groups in total. The van der Waals surface area contributed by atoms with Gasteiger partial charge in [0, 0.05) is 44.8 Å². The number of imidazole rings is 1. The highest BCUT2D eigenvalue weighted by molar-refractivity contribution is 7.20. The van der Waals surface area contributed by atoms with Crippen LogP contribution in [0.3, 0.4) is 0 Å². The zero-order valence-corrected chi connectivity index (χ0v) is 25.9. The van der Waals surface area contributed by atoms with Crippen LogP contribution < -0.4 is 9.80 Å². The Hall–Kier alpha value is -3.78. The number of likely N-dealkylation sites (N-methyl/N-ethyl adjacent to an activating group) is 1. The molecule has 0 bridgehead atoms. The molecule has 1 amide bonds. The first-order valence-corrected chi connectivity index (χ1v) is 15.6. The van der Waals surface area contributed by atoms with Crippen molar-refractivity contribution >= 4 is 49.6 Å². The molecule has 0 spiro atoms. The van der Waals surface area contributed by atoms with Crippen LogP contribution in [-0.4, -0.2) is 106 Å². The SMILES string of the molecule is Cc1ccc(-c2nc(N(C)c3c(CC(F)(F)F)nc4sc(N5CCC(N(C)CC(=O)N6CC(O)C6)C5)nn34)sc2C#N)cc1. The van der Waals surface area contributed by atoms with Crippen molar-refractivity contribution in [2.24, 2.45) is 0 Å². The van der Waals surface area contributed by atoms with E-state index in [9.17, 15) is 28.3 Å². The number of likely N-dealkylation sites (tertiary alicyclic amines) is 1. The number of amides is 1. The van der Waals surface area contributed by atoms with E-state index < -0.39 is 18.7 Å². The number of nitriles is 1. The lowest BCUT2D eigenvalue weighted by Gasteiger charge is -2.37. The number of aliphatic hydroxyl groups is 1. The third-order valence-electron chi connectivity index (χ3n) is 7.91. The number of hydrogen-bond donors (Lipinski definition) is 1. The largest absolute Gasteiger partial charge is 0.394 e. The summed E-state index contributed by atoms with van der Waals surface area (Å²) in [7, 11) is 3.50. The van der Waals surface area contributed by atoms with Crippen LogP contribution in [0.5, 0.6) is 0 Å². The van der Waals surface area contributed by atoms with Gasteiger partial charge < -0.3 is 19.8 Å². The van der Waals surface area contributed by atoms with E-state index in [2.05, 4.69) is 20.9 Å². The number of thiazole rings is 1. The second-order valence-corrected chi connectivity index (χ2v) is 13.1. The highest BCUT2D eigenvalue weighted by Crippen LogP contribution is 2.40. The standard InChI is InChI=1S/C28H30F3N9O2S2/c1-16-4-6-17(7-5-16)23-21(11-32)43-25(34-23)37(3)24-20(10-28(29,30)31)33-26-40(24)35-27(44-26)38-9-8-18(12-38)36(2)15-22(42)39-13-19(41)14-39/h4-7,18-19,41H,8-10,12-15H2,1-3H3. The Morgan fingerprint density at radius 1 is 1.16 bits per heavy atom. The predicted molar refractivity (Wildman–Crippen MR) is 162 cm³/mol. The van der Waals surface area contributed by atoms with Gasteiger partial charge in [-0.2, -0.15) is 22.9 Å². The van der Waals surface area contributed by atoms with Crippen LogP contribution in [0, 0.1) is 18.3 Å². The molecule has 2 aliphatic rings. The molecule has 2 fully saturated rings. The molecule has 4 aromatic rings. The van der Waals surface area contributed by atoms with Crippen LogP contribution in [0.2, 0.25) is 0 Å². The number of nitrogens with zero attached hydrogens (tertiary/aromatic N) is 9. The maximum Gasteiger partial charge on any atom is 0.394 e. The highest BCUT2D eigenvalue weighted by Gasteiger charge is 2.36. The van der Waals surface area contributed by atoms with Gasteiger partial charge in [0.25, 0.3) is 0 Å². The van der Waals surface area contributed by atoms with E-state index in [4.69, 9.17) is 5.10 Å². The molecule has 6 rings (SSSR count). The van der Waals surface area contributed by atoms with Gasteiger partial charge in [0.15, 0.2) is 10.9 Å². The van der Waals surface area contributed by atoms with Crippen molar-refractivity contribution in [1.29, 1.82) is 5.26 Å². The molecule has 1 atom stereocenters. The average molecular weight is 646 g/mol. The van der Waals surface area contributed by atoms with Gasteiger partial charge >= 0.3 is 6.18 Å². The van der Waals surface area contributed by atoms with Crippen LogP contribution in [0.15, 0.2) is 24.3 Å². The maximum atomic E-state index is 13.6. The van der Waals surface area contributed by atoms with Crippen molar-refractivity contribution in [1.82, 2.24) is 29.4 Å². The third kappa shape index (κ3) is 5.96. The quantitative estimate of drug-likeness (QED) is 0.306. The number of carbonyl (C=O) groups excluding carboxylic acids is 1. The van der Waals surface area contributed by atoms with Crippen LogP contribution in [0.4, 0.5) is 29.3 Å². The Labute approximate surface area is 259 Å². The highest BCUT2D eigenvalue weighted by atomic mass is 32.1. The molecule has 2 aliphatic heterocycles. The predicted octanol–water partition coefficient (Wildman–Crippen LogP) is 3.68. The normalized spacial score (nSPS) is 17.5.